The van der Waals surface area contributed by atoms with Crippen molar-refractivity contribution in [3.05, 3.63) is 35.3 Å². The molecule has 0 aliphatic carbocycles. The molecule has 0 spiro atoms. The minimum Gasteiger partial charge on any atom is -0.478 e. The molecule has 0 amide bonds. The molecule has 114 valence electrons. The molecule has 2 aromatic heterocycles. The molecule has 2 heterocycles. The van der Waals surface area contributed by atoms with Crippen molar-refractivity contribution < 1.29 is 22.7 Å². The Morgan fingerprint density at radius 3 is 2.62 bits per heavy atom. The summed E-state index contributed by atoms with van der Waals surface area (Å²) in [4.78, 5) is 17.7. The van der Waals surface area contributed by atoms with Crippen molar-refractivity contribution in [2.75, 3.05) is 7.05 Å². The molecule has 0 saturated heterocycles. The maximum atomic E-state index is 12.6. The van der Waals surface area contributed by atoms with Gasteiger partial charge in [0.05, 0.1) is 6.54 Å². The number of aromatic amines is 1. The van der Waals surface area contributed by atoms with E-state index in [0.717, 1.165) is 4.31 Å². The van der Waals surface area contributed by atoms with Gasteiger partial charge in [0.1, 0.15) is 27.8 Å². The molecule has 0 saturated carbocycles. The predicted molar refractivity (Wildman–Crippen MR) is 72.4 cm³/mol. The van der Waals surface area contributed by atoms with Crippen molar-refractivity contribution in [3.8, 4) is 0 Å². The second-order valence-corrected chi connectivity index (χ2v) is 6.50. The molecule has 2 N–H and O–H groups in total. The Kier molecular flexibility index (Phi) is 3.88. The van der Waals surface area contributed by atoms with Crippen LogP contribution in [0.1, 0.15) is 27.7 Å². The number of aromatic nitrogens is 2. The Morgan fingerprint density at radius 2 is 2.10 bits per heavy atom. The molecular formula is C12H15N3O5S. The number of hydrogen-bond acceptors (Lipinski definition) is 5. The Hall–Kier alpha value is -2.13. The first-order chi connectivity index (χ1) is 9.75. The number of furan rings is 1. The monoisotopic (exact) mass is 313 g/mol. The van der Waals surface area contributed by atoms with Crippen molar-refractivity contribution >= 4 is 16.0 Å². The summed E-state index contributed by atoms with van der Waals surface area (Å²) in [5.74, 6) is -0.772. The fraction of sp³-hybridized carbons (Fsp3) is 0.333. The average Bonchev–Trinajstić information content (AvgIpc) is 2.96. The summed E-state index contributed by atoms with van der Waals surface area (Å²) in [6.45, 7) is 2.84. The van der Waals surface area contributed by atoms with Crippen LogP contribution >= 0.6 is 0 Å². The second kappa shape index (κ2) is 5.34. The van der Waals surface area contributed by atoms with E-state index in [-0.39, 0.29) is 28.5 Å². The van der Waals surface area contributed by atoms with Crippen LogP contribution in [0.15, 0.2) is 21.7 Å². The summed E-state index contributed by atoms with van der Waals surface area (Å²) in [5.41, 5.74) is -0.334. The van der Waals surface area contributed by atoms with Crippen LogP contribution in [0.5, 0.6) is 0 Å². The number of imidazole rings is 1. The van der Waals surface area contributed by atoms with Crippen LogP contribution in [0.4, 0.5) is 0 Å². The normalized spacial score (nSPS) is 12.0. The van der Waals surface area contributed by atoms with Gasteiger partial charge < -0.3 is 14.5 Å². The first-order valence-corrected chi connectivity index (χ1v) is 7.47. The second-order valence-electron chi connectivity index (χ2n) is 4.52. The fourth-order valence-electron chi connectivity index (χ4n) is 2.06. The lowest BCUT2D eigenvalue weighted by Gasteiger charge is -2.16. The molecule has 21 heavy (non-hydrogen) atoms. The quantitative estimate of drug-likeness (QED) is 0.855. The van der Waals surface area contributed by atoms with E-state index in [1.807, 2.05) is 0 Å². The minimum atomic E-state index is -4.00. The van der Waals surface area contributed by atoms with Crippen LogP contribution < -0.4 is 0 Å². The van der Waals surface area contributed by atoms with Gasteiger partial charge in [-0.25, -0.2) is 18.2 Å². The number of rotatable bonds is 5. The lowest BCUT2D eigenvalue weighted by atomic mass is 10.2. The van der Waals surface area contributed by atoms with E-state index in [0.29, 0.717) is 5.82 Å². The number of nitrogens with zero attached hydrogens (tertiary/aromatic N) is 2. The van der Waals surface area contributed by atoms with E-state index in [9.17, 15) is 18.3 Å². The molecule has 8 nitrogen and oxygen atoms in total. The van der Waals surface area contributed by atoms with Gasteiger partial charge in [0.25, 0.3) is 0 Å². The van der Waals surface area contributed by atoms with Crippen molar-refractivity contribution in [2.24, 2.45) is 0 Å². The van der Waals surface area contributed by atoms with E-state index in [2.05, 4.69) is 9.97 Å². The SMILES string of the molecule is Cc1oc(C)c(S(=O)(=O)N(C)Cc2ncc[nH]2)c1C(=O)O. The molecule has 2 rings (SSSR count). The molecule has 2 aromatic rings. The molecule has 0 radical (unpaired) electrons. The lowest BCUT2D eigenvalue weighted by Crippen LogP contribution is -2.28. The molecule has 9 heteroatoms. The van der Waals surface area contributed by atoms with E-state index in [1.165, 1.54) is 27.1 Å². The number of sulfonamides is 1. The zero-order valence-electron chi connectivity index (χ0n) is 11.7. The van der Waals surface area contributed by atoms with Gasteiger partial charge in [0.2, 0.25) is 10.0 Å². The van der Waals surface area contributed by atoms with Gasteiger partial charge in [-0.3, -0.25) is 0 Å². The van der Waals surface area contributed by atoms with Crippen LogP contribution in [0.2, 0.25) is 0 Å². The Morgan fingerprint density at radius 1 is 1.43 bits per heavy atom. The maximum absolute atomic E-state index is 12.6. The zero-order valence-corrected chi connectivity index (χ0v) is 12.6. The van der Waals surface area contributed by atoms with Crippen LogP contribution in [0, 0.1) is 13.8 Å². The summed E-state index contributed by atoms with van der Waals surface area (Å²) in [7, 11) is -2.65. The summed E-state index contributed by atoms with van der Waals surface area (Å²) in [5, 5.41) is 9.20. The predicted octanol–water partition coefficient (Wildman–Crippen LogP) is 1.14. The zero-order chi connectivity index (χ0) is 15.8. The van der Waals surface area contributed by atoms with Crippen LogP contribution in [0.3, 0.4) is 0 Å². The third-order valence-electron chi connectivity index (χ3n) is 3.01. The number of aromatic carboxylic acids is 1. The van der Waals surface area contributed by atoms with Gasteiger partial charge in [-0.05, 0) is 13.8 Å². The first kappa shape index (κ1) is 15.3. The maximum Gasteiger partial charge on any atom is 0.340 e. The van der Waals surface area contributed by atoms with E-state index in [4.69, 9.17) is 4.42 Å². The smallest absolute Gasteiger partial charge is 0.340 e. The largest absolute Gasteiger partial charge is 0.478 e. The van der Waals surface area contributed by atoms with Crippen LogP contribution in [-0.2, 0) is 16.6 Å². The molecule has 0 bridgehead atoms. The van der Waals surface area contributed by atoms with Crippen LogP contribution in [-0.4, -0.2) is 40.8 Å². The minimum absolute atomic E-state index is 0.00192. The average molecular weight is 313 g/mol. The van der Waals surface area contributed by atoms with Crippen molar-refractivity contribution in [1.82, 2.24) is 14.3 Å². The fourth-order valence-corrected chi connectivity index (χ4v) is 3.56. The Labute approximate surface area is 121 Å². The van der Waals surface area contributed by atoms with Crippen LogP contribution in [0.25, 0.3) is 0 Å². The molecule has 0 unspecified atom stereocenters. The molecular weight excluding hydrogens is 298 g/mol. The van der Waals surface area contributed by atoms with Gasteiger partial charge >= 0.3 is 5.97 Å². The van der Waals surface area contributed by atoms with Gasteiger partial charge in [-0.1, -0.05) is 0 Å². The van der Waals surface area contributed by atoms with E-state index < -0.39 is 16.0 Å². The lowest BCUT2D eigenvalue weighted by molar-refractivity contribution is 0.0691. The van der Waals surface area contributed by atoms with Gasteiger partial charge in [-0.15, -0.1) is 0 Å². The van der Waals surface area contributed by atoms with Gasteiger partial charge in [0.15, 0.2) is 0 Å². The van der Waals surface area contributed by atoms with Crippen molar-refractivity contribution in [3.63, 3.8) is 0 Å². The number of aryl methyl sites for hydroxylation is 2. The molecule has 0 aliphatic rings. The number of H-pyrrole nitrogens is 1. The highest BCUT2D eigenvalue weighted by atomic mass is 32.2. The topological polar surface area (TPSA) is 117 Å². The van der Waals surface area contributed by atoms with Crippen molar-refractivity contribution in [2.45, 2.75) is 25.3 Å². The number of hydrogen-bond donors (Lipinski definition) is 2. The summed E-state index contributed by atoms with van der Waals surface area (Å²) < 4.78 is 31.3. The number of carboxylic acid groups (broad SMARTS) is 1. The molecule has 0 fully saturated rings. The summed E-state index contributed by atoms with van der Waals surface area (Å²) in [6, 6.07) is 0. The highest BCUT2D eigenvalue weighted by Gasteiger charge is 2.33. The highest BCUT2D eigenvalue weighted by Crippen LogP contribution is 2.29. The Bertz CT molecular complexity index is 761. The summed E-state index contributed by atoms with van der Waals surface area (Å²) >= 11 is 0. The van der Waals surface area contributed by atoms with E-state index in [1.54, 1.807) is 6.20 Å². The highest BCUT2D eigenvalue weighted by molar-refractivity contribution is 7.89. The van der Waals surface area contributed by atoms with Gasteiger partial charge in [-0.2, -0.15) is 4.31 Å². The molecule has 0 atom stereocenters. The number of carbonyl (C=O) groups is 1. The Balaban J connectivity index is 2.47. The standard InChI is InChI=1S/C12H15N3O5S/c1-7-10(12(16)17)11(8(2)20-7)21(18,19)15(3)6-9-13-4-5-14-9/h4-5H,6H2,1-3H3,(H,13,14)(H,16,17). The number of carboxylic acids is 1. The number of nitrogens with one attached hydrogen (secondary N) is 1. The molecule has 0 aromatic carbocycles. The van der Waals surface area contributed by atoms with E-state index >= 15 is 0 Å². The molecule has 0 aliphatic heterocycles. The first-order valence-electron chi connectivity index (χ1n) is 6.03. The third-order valence-corrected chi connectivity index (χ3v) is 4.97. The van der Waals surface area contributed by atoms with Crippen molar-refractivity contribution in [1.29, 1.82) is 0 Å². The summed E-state index contributed by atoms with van der Waals surface area (Å²) in [6.07, 6.45) is 3.08. The van der Waals surface area contributed by atoms with Gasteiger partial charge in [0, 0.05) is 19.4 Å². The third kappa shape index (κ3) is 2.69.